The van der Waals surface area contributed by atoms with Gasteiger partial charge < -0.3 is 26.0 Å². The number of nitrogens with two attached hydrogens (primary N) is 1. The Labute approximate surface area is 147 Å². The highest BCUT2D eigenvalue weighted by molar-refractivity contribution is 5.85. The average molecular weight is 350 g/mol. The zero-order chi connectivity index (χ0) is 18.8. The van der Waals surface area contributed by atoms with Gasteiger partial charge in [0.25, 0.3) is 5.91 Å². The fraction of sp³-hybridized carbons (Fsp3) is 0.471. The minimum absolute atomic E-state index is 0.0824. The van der Waals surface area contributed by atoms with Gasteiger partial charge in [-0.25, -0.2) is 0 Å². The first-order chi connectivity index (χ1) is 11.9. The van der Waals surface area contributed by atoms with Gasteiger partial charge in [0.05, 0.1) is 19.1 Å². The van der Waals surface area contributed by atoms with Crippen LogP contribution in [0.15, 0.2) is 24.3 Å². The van der Waals surface area contributed by atoms with Crippen molar-refractivity contribution in [3.05, 3.63) is 29.8 Å². The third-order valence-corrected chi connectivity index (χ3v) is 3.52. The summed E-state index contributed by atoms with van der Waals surface area (Å²) in [4.78, 5) is 36.3. The summed E-state index contributed by atoms with van der Waals surface area (Å²) in [6.07, 6.45) is 0.624. The Morgan fingerprint density at radius 3 is 2.48 bits per heavy atom. The molecule has 0 aromatic heterocycles. The van der Waals surface area contributed by atoms with Gasteiger partial charge in [-0.15, -0.1) is 0 Å². The molecule has 1 unspecified atom stereocenters. The number of amides is 3. The van der Waals surface area contributed by atoms with Crippen LogP contribution in [0.25, 0.3) is 0 Å². The van der Waals surface area contributed by atoms with Crippen LogP contribution in [0.3, 0.4) is 0 Å². The Morgan fingerprint density at radius 1 is 1.20 bits per heavy atom. The van der Waals surface area contributed by atoms with E-state index in [0.29, 0.717) is 12.2 Å². The van der Waals surface area contributed by atoms with Gasteiger partial charge in [-0.1, -0.05) is 25.1 Å². The third kappa shape index (κ3) is 6.80. The van der Waals surface area contributed by atoms with E-state index in [0.717, 1.165) is 5.56 Å². The van der Waals surface area contributed by atoms with Crippen LogP contribution in [0.4, 0.5) is 0 Å². The standard InChI is InChI=1S/C17H26N4O4/c1-4-13(20-16(23)10-19-15(22)9-18)12-7-5-6-8-14(12)25-11-17(24)21(2)3/h5-8,13H,4,9-11,18H2,1-3H3,(H,19,22)(H,20,23). The predicted molar refractivity (Wildman–Crippen MR) is 93.9 cm³/mol. The van der Waals surface area contributed by atoms with Crippen LogP contribution in [0.2, 0.25) is 0 Å². The highest BCUT2D eigenvalue weighted by Crippen LogP contribution is 2.27. The van der Waals surface area contributed by atoms with E-state index >= 15 is 0 Å². The topological polar surface area (TPSA) is 114 Å². The lowest BCUT2D eigenvalue weighted by molar-refractivity contribution is -0.130. The van der Waals surface area contributed by atoms with Gasteiger partial charge in [0, 0.05) is 19.7 Å². The van der Waals surface area contributed by atoms with Crippen molar-refractivity contribution >= 4 is 17.7 Å². The van der Waals surface area contributed by atoms with E-state index < -0.39 is 5.91 Å². The summed E-state index contributed by atoms with van der Waals surface area (Å²) >= 11 is 0. The van der Waals surface area contributed by atoms with Crippen molar-refractivity contribution in [1.29, 1.82) is 0 Å². The van der Waals surface area contributed by atoms with E-state index in [-0.39, 0.29) is 37.6 Å². The first kappa shape index (κ1) is 20.4. The zero-order valence-corrected chi connectivity index (χ0v) is 14.9. The maximum Gasteiger partial charge on any atom is 0.259 e. The molecule has 1 rings (SSSR count). The molecule has 8 nitrogen and oxygen atoms in total. The first-order valence-electron chi connectivity index (χ1n) is 8.07. The lowest BCUT2D eigenvalue weighted by atomic mass is 10.0. The number of rotatable bonds is 9. The molecule has 0 bridgehead atoms. The van der Waals surface area contributed by atoms with Crippen LogP contribution >= 0.6 is 0 Å². The minimum atomic E-state index is -0.394. The van der Waals surface area contributed by atoms with E-state index in [1.807, 2.05) is 19.1 Å². The quantitative estimate of drug-likeness (QED) is 0.570. The van der Waals surface area contributed by atoms with E-state index in [9.17, 15) is 14.4 Å². The number of para-hydroxylation sites is 1. The Balaban J connectivity index is 2.76. The van der Waals surface area contributed by atoms with Crippen LogP contribution in [0.5, 0.6) is 5.75 Å². The summed E-state index contributed by atoms with van der Waals surface area (Å²) < 4.78 is 5.61. The molecule has 25 heavy (non-hydrogen) atoms. The average Bonchev–Trinajstić information content (AvgIpc) is 2.62. The van der Waals surface area contributed by atoms with Crippen molar-refractivity contribution in [3.63, 3.8) is 0 Å². The van der Waals surface area contributed by atoms with E-state index in [2.05, 4.69) is 10.6 Å². The molecule has 4 N–H and O–H groups in total. The summed E-state index contributed by atoms with van der Waals surface area (Å²) in [7, 11) is 3.31. The number of carbonyl (C=O) groups is 3. The molecule has 0 aliphatic heterocycles. The molecule has 0 heterocycles. The third-order valence-electron chi connectivity index (χ3n) is 3.52. The number of hydrogen-bond acceptors (Lipinski definition) is 5. The van der Waals surface area contributed by atoms with Crippen LogP contribution in [-0.2, 0) is 14.4 Å². The monoisotopic (exact) mass is 350 g/mol. The van der Waals surface area contributed by atoms with Crippen LogP contribution in [0, 0.1) is 0 Å². The molecule has 0 radical (unpaired) electrons. The molecule has 0 spiro atoms. The molecule has 3 amide bonds. The fourth-order valence-electron chi connectivity index (χ4n) is 2.06. The summed E-state index contributed by atoms with van der Waals surface area (Å²) in [6.45, 7) is 1.53. The van der Waals surface area contributed by atoms with Gasteiger partial charge >= 0.3 is 0 Å². The van der Waals surface area contributed by atoms with Gasteiger partial charge in [0.15, 0.2) is 6.61 Å². The van der Waals surface area contributed by atoms with Crippen molar-refractivity contribution in [2.75, 3.05) is 33.8 Å². The van der Waals surface area contributed by atoms with Gasteiger partial charge in [0.2, 0.25) is 11.8 Å². The SMILES string of the molecule is CCC(NC(=O)CNC(=O)CN)c1ccccc1OCC(=O)N(C)C. The molecule has 138 valence electrons. The van der Waals surface area contributed by atoms with Crippen molar-refractivity contribution < 1.29 is 19.1 Å². The number of nitrogens with one attached hydrogen (secondary N) is 2. The zero-order valence-electron chi connectivity index (χ0n) is 14.9. The number of hydrogen-bond donors (Lipinski definition) is 3. The van der Waals surface area contributed by atoms with E-state index in [1.165, 1.54) is 4.90 Å². The number of carbonyl (C=O) groups excluding carboxylic acids is 3. The number of likely N-dealkylation sites (N-methyl/N-ethyl adjacent to an activating group) is 1. The fourth-order valence-corrected chi connectivity index (χ4v) is 2.06. The number of nitrogens with zero attached hydrogens (tertiary/aromatic N) is 1. The largest absolute Gasteiger partial charge is 0.483 e. The molecule has 0 saturated heterocycles. The first-order valence-corrected chi connectivity index (χ1v) is 8.07. The molecule has 1 aromatic carbocycles. The van der Waals surface area contributed by atoms with Crippen molar-refractivity contribution in [2.45, 2.75) is 19.4 Å². The van der Waals surface area contributed by atoms with Crippen LogP contribution < -0.4 is 21.1 Å². The van der Waals surface area contributed by atoms with E-state index in [4.69, 9.17) is 10.5 Å². The second-order valence-electron chi connectivity index (χ2n) is 5.62. The van der Waals surface area contributed by atoms with Crippen molar-refractivity contribution in [1.82, 2.24) is 15.5 Å². The highest BCUT2D eigenvalue weighted by atomic mass is 16.5. The molecule has 0 fully saturated rings. The summed E-state index contributed by atoms with van der Waals surface area (Å²) in [5, 5.41) is 5.27. The minimum Gasteiger partial charge on any atom is -0.483 e. The predicted octanol–water partition coefficient (Wildman–Crippen LogP) is -0.204. The maximum atomic E-state index is 12.0. The summed E-state index contributed by atoms with van der Waals surface area (Å²) in [5.41, 5.74) is 5.96. The number of ether oxygens (including phenoxy) is 1. The highest BCUT2D eigenvalue weighted by Gasteiger charge is 2.18. The Bertz CT molecular complexity index is 604. The Morgan fingerprint density at radius 2 is 1.88 bits per heavy atom. The summed E-state index contributed by atoms with van der Waals surface area (Å²) in [5.74, 6) is -0.339. The molecule has 0 saturated carbocycles. The second-order valence-corrected chi connectivity index (χ2v) is 5.62. The Kier molecular flexibility index (Phi) is 8.42. The number of benzene rings is 1. The van der Waals surface area contributed by atoms with Gasteiger partial charge in [-0.3, -0.25) is 14.4 Å². The van der Waals surface area contributed by atoms with Gasteiger partial charge in [-0.05, 0) is 12.5 Å². The van der Waals surface area contributed by atoms with Crippen LogP contribution in [0.1, 0.15) is 24.9 Å². The lowest BCUT2D eigenvalue weighted by Crippen LogP contribution is -2.40. The van der Waals surface area contributed by atoms with Crippen LogP contribution in [-0.4, -0.2) is 56.4 Å². The van der Waals surface area contributed by atoms with Gasteiger partial charge in [0.1, 0.15) is 5.75 Å². The molecule has 1 atom stereocenters. The molecule has 1 aromatic rings. The maximum absolute atomic E-state index is 12.0. The normalized spacial score (nSPS) is 11.4. The molecular weight excluding hydrogens is 324 g/mol. The molecule has 0 aliphatic rings. The van der Waals surface area contributed by atoms with Crippen molar-refractivity contribution in [2.24, 2.45) is 5.73 Å². The lowest BCUT2D eigenvalue weighted by Gasteiger charge is -2.21. The molecule has 8 heteroatoms. The molecular formula is C17H26N4O4. The second kappa shape index (κ2) is 10.3. The van der Waals surface area contributed by atoms with Crippen molar-refractivity contribution in [3.8, 4) is 5.75 Å². The summed E-state index contributed by atoms with van der Waals surface area (Å²) in [6, 6.07) is 6.93. The van der Waals surface area contributed by atoms with Gasteiger partial charge in [-0.2, -0.15) is 0 Å². The van der Waals surface area contributed by atoms with E-state index in [1.54, 1.807) is 26.2 Å². The smallest absolute Gasteiger partial charge is 0.259 e. The Hall–Kier alpha value is -2.61. The molecule has 0 aliphatic carbocycles.